The smallest absolute Gasteiger partial charge is 0.0468 e. The van der Waals surface area contributed by atoms with E-state index in [0.717, 1.165) is 29.8 Å². The second kappa shape index (κ2) is 16.2. The van der Waals surface area contributed by atoms with Gasteiger partial charge in [0, 0.05) is 27.9 Å². The molecule has 0 unspecified atom stereocenters. The highest BCUT2D eigenvalue weighted by Crippen LogP contribution is 2.54. The Morgan fingerprint density at radius 1 is 0.585 bits per heavy atom. The lowest BCUT2D eigenvalue weighted by molar-refractivity contribution is 0.607. The van der Waals surface area contributed by atoms with Crippen LogP contribution in [0.5, 0.6) is 0 Å². The van der Waals surface area contributed by atoms with Crippen LogP contribution >= 0.6 is 0 Å². The zero-order valence-corrected chi connectivity index (χ0v) is 39.3. The number of aryl methyl sites for hydroxylation is 1. The fourth-order valence-corrected chi connectivity index (χ4v) is 11.4. The molecule has 0 bridgehead atoms. The molecule has 7 aromatic carbocycles. The van der Waals surface area contributed by atoms with E-state index in [1.165, 1.54) is 100 Å². The number of hydrogen-bond donors (Lipinski definition) is 0. The van der Waals surface area contributed by atoms with Crippen molar-refractivity contribution in [3.8, 4) is 33.4 Å². The first-order chi connectivity index (χ1) is 31.4. The van der Waals surface area contributed by atoms with Gasteiger partial charge in [-0.2, -0.15) is 0 Å². The topological polar surface area (TPSA) is 3.24 Å². The molecule has 10 rings (SSSR count). The van der Waals surface area contributed by atoms with Gasteiger partial charge in [-0.25, -0.2) is 0 Å². The third-order valence-electron chi connectivity index (χ3n) is 15.0. The molecule has 0 aromatic heterocycles. The molecule has 7 aromatic rings. The largest absolute Gasteiger partial charge is 0.310 e. The first-order valence-corrected chi connectivity index (χ1v) is 23.4. The van der Waals surface area contributed by atoms with Crippen molar-refractivity contribution in [2.75, 3.05) is 4.90 Å². The zero-order valence-electron chi connectivity index (χ0n) is 39.3. The molecule has 0 aliphatic heterocycles. The van der Waals surface area contributed by atoms with Crippen molar-refractivity contribution in [2.24, 2.45) is 0 Å². The summed E-state index contributed by atoms with van der Waals surface area (Å²) in [4.78, 5) is 2.47. The van der Waals surface area contributed by atoms with Crippen LogP contribution < -0.4 is 4.90 Å². The molecule has 320 valence electrons. The number of nitrogens with zero attached hydrogens (tertiary/aromatic N) is 1. The number of fused-ring (bicyclic) bond motifs is 5. The van der Waals surface area contributed by atoms with Crippen molar-refractivity contribution < 1.29 is 0 Å². The lowest BCUT2D eigenvalue weighted by Gasteiger charge is -2.29. The van der Waals surface area contributed by atoms with Crippen molar-refractivity contribution >= 4 is 33.8 Å². The van der Waals surface area contributed by atoms with Gasteiger partial charge in [0.25, 0.3) is 0 Å². The molecule has 3 aliphatic carbocycles. The Morgan fingerprint density at radius 3 is 1.97 bits per heavy atom. The summed E-state index contributed by atoms with van der Waals surface area (Å²) >= 11 is 0. The van der Waals surface area contributed by atoms with Gasteiger partial charge in [-0.3, -0.25) is 0 Å². The van der Waals surface area contributed by atoms with Gasteiger partial charge in [-0.1, -0.05) is 173 Å². The number of allylic oxidation sites excluding steroid dienone is 9. The fraction of sp³-hybridized carbons (Fsp3) is 0.188. The Kier molecular flexibility index (Phi) is 10.5. The molecule has 0 atom stereocenters. The maximum Gasteiger partial charge on any atom is 0.0468 e. The second-order valence-corrected chi connectivity index (χ2v) is 19.3. The van der Waals surface area contributed by atoms with Gasteiger partial charge < -0.3 is 4.90 Å². The Balaban J connectivity index is 1.05. The van der Waals surface area contributed by atoms with Crippen molar-refractivity contribution in [3.05, 3.63) is 238 Å². The highest BCUT2D eigenvalue weighted by molar-refractivity contribution is 5.96. The molecule has 1 heteroatoms. The molecule has 3 aliphatic rings. The Labute approximate surface area is 387 Å². The second-order valence-electron chi connectivity index (χ2n) is 19.3. The summed E-state index contributed by atoms with van der Waals surface area (Å²) in [7, 11) is 0. The van der Waals surface area contributed by atoms with E-state index in [1.54, 1.807) is 5.57 Å². The van der Waals surface area contributed by atoms with Crippen LogP contribution in [0.4, 0.5) is 17.1 Å². The minimum Gasteiger partial charge on any atom is -0.310 e. The maximum absolute atomic E-state index is 4.37. The van der Waals surface area contributed by atoms with E-state index in [9.17, 15) is 0 Å². The third kappa shape index (κ3) is 6.92. The van der Waals surface area contributed by atoms with Crippen LogP contribution in [0, 0.1) is 13.8 Å². The summed E-state index contributed by atoms with van der Waals surface area (Å²) < 4.78 is 0. The lowest BCUT2D eigenvalue weighted by atomic mass is 9.78. The first kappa shape index (κ1) is 42.0. The monoisotopic (exact) mass is 841 g/mol. The van der Waals surface area contributed by atoms with Crippen molar-refractivity contribution in [2.45, 2.75) is 79.1 Å². The molecule has 0 fully saturated rings. The van der Waals surface area contributed by atoms with Crippen molar-refractivity contribution in [1.29, 1.82) is 0 Å². The summed E-state index contributed by atoms with van der Waals surface area (Å²) in [6, 6.07) is 56.6. The Bertz CT molecular complexity index is 3180. The van der Waals surface area contributed by atoms with Gasteiger partial charge in [0.2, 0.25) is 0 Å². The summed E-state index contributed by atoms with van der Waals surface area (Å²) in [6.45, 7) is 22.8. The molecule has 0 saturated carbocycles. The number of anilines is 3. The SMILES string of the molecule is C=C/C(=C(C)\C(=C/C)c1ccc2c(c1)C(C)(C)c1cc(N(c3ccc(-c4ccccc4)cc3)c3ccc4c(c3)C3=C(CCC=C3)C4(C)C)ccc1-2)c1cccc(-c2ccccc2C)c1C. The van der Waals surface area contributed by atoms with E-state index in [1.807, 2.05) is 6.08 Å². The highest BCUT2D eigenvalue weighted by Gasteiger charge is 2.39. The van der Waals surface area contributed by atoms with E-state index in [0.29, 0.717) is 0 Å². The van der Waals surface area contributed by atoms with Gasteiger partial charge in [-0.05, 0) is 183 Å². The van der Waals surface area contributed by atoms with Gasteiger partial charge in [0.1, 0.15) is 0 Å². The van der Waals surface area contributed by atoms with Crippen LogP contribution in [0.2, 0.25) is 0 Å². The predicted octanol–water partition coefficient (Wildman–Crippen LogP) is 17.9. The van der Waals surface area contributed by atoms with Gasteiger partial charge in [-0.15, -0.1) is 0 Å². The average molecular weight is 842 g/mol. The summed E-state index contributed by atoms with van der Waals surface area (Å²) in [6.07, 6.45) is 11.3. The molecule has 1 nitrogen and oxygen atoms in total. The molecule has 0 heterocycles. The van der Waals surface area contributed by atoms with Gasteiger partial charge in [0.05, 0.1) is 0 Å². The summed E-state index contributed by atoms with van der Waals surface area (Å²) in [5.41, 5.74) is 28.0. The van der Waals surface area contributed by atoms with Crippen LogP contribution in [-0.4, -0.2) is 0 Å². The predicted molar refractivity (Wildman–Crippen MR) is 280 cm³/mol. The quantitative estimate of drug-likeness (QED) is 0.131. The van der Waals surface area contributed by atoms with E-state index >= 15 is 0 Å². The lowest BCUT2D eigenvalue weighted by Crippen LogP contribution is -2.18. The molecule has 0 radical (unpaired) electrons. The molecule has 0 saturated heterocycles. The van der Waals surface area contributed by atoms with Gasteiger partial charge in [0.15, 0.2) is 0 Å². The van der Waals surface area contributed by atoms with Gasteiger partial charge >= 0.3 is 0 Å². The molecule has 0 amide bonds. The number of rotatable bonds is 9. The van der Waals surface area contributed by atoms with Crippen LogP contribution in [0.1, 0.15) is 98.9 Å². The molecule has 65 heavy (non-hydrogen) atoms. The van der Waals surface area contributed by atoms with E-state index in [2.05, 4.69) is 237 Å². The summed E-state index contributed by atoms with van der Waals surface area (Å²) in [5.74, 6) is 0. The third-order valence-corrected chi connectivity index (χ3v) is 15.0. The maximum atomic E-state index is 4.37. The molecule has 0 N–H and O–H groups in total. The first-order valence-electron chi connectivity index (χ1n) is 23.4. The summed E-state index contributed by atoms with van der Waals surface area (Å²) in [5, 5.41) is 0. The van der Waals surface area contributed by atoms with Crippen LogP contribution in [0.15, 0.2) is 194 Å². The van der Waals surface area contributed by atoms with Crippen molar-refractivity contribution in [3.63, 3.8) is 0 Å². The molecular formula is C64H59N. The Hall–Kier alpha value is -6.96. The zero-order chi connectivity index (χ0) is 45.2. The standard InChI is InChI=1S/C64H59N/c1-10-50(42(4)51(11-2)53-25-19-26-54(43(53)5)52-23-16-15-20-41(52)3)46-30-35-56-57-36-33-49(40-62(57)64(8,9)61(56)38-46)65(47-31-28-45(29-32-47)44-21-13-12-14-22-44)48-34-37-60-58(39-48)55-24-17-18-27-59(55)63(60,6)7/h10-17,19-26,28-40H,2,18,27H2,1,3-9H3/b50-10+,51-42+. The highest BCUT2D eigenvalue weighted by atomic mass is 15.1. The number of hydrogen-bond acceptors (Lipinski definition) is 1. The van der Waals surface area contributed by atoms with Crippen molar-refractivity contribution in [1.82, 2.24) is 0 Å². The number of benzene rings is 7. The minimum absolute atomic E-state index is 0.0261. The molecule has 0 spiro atoms. The minimum atomic E-state index is -0.232. The average Bonchev–Trinajstić information content (AvgIpc) is 3.69. The van der Waals surface area contributed by atoms with Crippen LogP contribution in [-0.2, 0) is 10.8 Å². The normalized spacial score (nSPS) is 15.8. The van der Waals surface area contributed by atoms with E-state index < -0.39 is 0 Å². The molecular weight excluding hydrogens is 783 g/mol. The van der Waals surface area contributed by atoms with E-state index in [-0.39, 0.29) is 10.8 Å². The van der Waals surface area contributed by atoms with Crippen LogP contribution in [0.25, 0.3) is 50.1 Å². The van der Waals surface area contributed by atoms with E-state index in [4.69, 9.17) is 0 Å². The van der Waals surface area contributed by atoms with Crippen LogP contribution in [0.3, 0.4) is 0 Å². The Morgan fingerprint density at radius 2 is 1.23 bits per heavy atom. The fourth-order valence-electron chi connectivity index (χ4n) is 11.4.